The van der Waals surface area contributed by atoms with Crippen molar-refractivity contribution in [3.8, 4) is 5.75 Å². The second-order valence-electron chi connectivity index (χ2n) is 3.67. The number of nitrogens with zero attached hydrogens (tertiary/aromatic N) is 1. The van der Waals surface area contributed by atoms with Crippen molar-refractivity contribution in [3.05, 3.63) is 33.3 Å². The number of non-ortho nitro benzene ring substituents is 1. The molecule has 0 aromatic heterocycles. The lowest BCUT2D eigenvalue weighted by Gasteiger charge is -2.07. The van der Waals surface area contributed by atoms with Crippen LogP contribution in [0.2, 0.25) is 5.02 Å². The number of hydrogen-bond acceptors (Lipinski definition) is 5. The third-order valence-electron chi connectivity index (χ3n) is 2.17. The molecule has 1 aromatic rings. The fourth-order valence-corrected chi connectivity index (χ4v) is 2.32. The van der Waals surface area contributed by atoms with Crippen LogP contribution in [0.4, 0.5) is 5.69 Å². The van der Waals surface area contributed by atoms with Gasteiger partial charge in [0.2, 0.25) is 9.05 Å². The van der Waals surface area contributed by atoms with Crippen LogP contribution in [-0.2, 0) is 9.05 Å². The highest BCUT2D eigenvalue weighted by atomic mass is 35.7. The zero-order chi connectivity index (χ0) is 14.5. The van der Waals surface area contributed by atoms with Crippen LogP contribution in [-0.4, -0.2) is 25.7 Å². The second kappa shape index (κ2) is 6.93. The highest BCUT2D eigenvalue weighted by Gasteiger charge is 2.11. The number of nitro benzene ring substituents is 1. The second-order valence-corrected chi connectivity index (χ2v) is 6.97. The van der Waals surface area contributed by atoms with Crippen molar-refractivity contribution < 1.29 is 18.1 Å². The predicted molar refractivity (Wildman–Crippen MR) is 72.5 cm³/mol. The van der Waals surface area contributed by atoms with Gasteiger partial charge in [-0.25, -0.2) is 8.42 Å². The average molecular weight is 328 g/mol. The van der Waals surface area contributed by atoms with Gasteiger partial charge in [-0.2, -0.15) is 0 Å². The summed E-state index contributed by atoms with van der Waals surface area (Å²) in [6.45, 7) is 0.202. The lowest BCUT2D eigenvalue weighted by Crippen LogP contribution is -2.03. The maximum Gasteiger partial charge on any atom is 0.273 e. The summed E-state index contributed by atoms with van der Waals surface area (Å²) in [5, 5.41) is 10.8. The lowest BCUT2D eigenvalue weighted by molar-refractivity contribution is -0.384. The summed E-state index contributed by atoms with van der Waals surface area (Å²) < 4.78 is 26.6. The normalized spacial score (nSPS) is 11.3. The molecular weight excluding hydrogens is 317 g/mol. The first-order valence-electron chi connectivity index (χ1n) is 5.28. The Morgan fingerprint density at radius 2 is 2.00 bits per heavy atom. The van der Waals surface area contributed by atoms with E-state index in [1.165, 1.54) is 18.2 Å². The van der Waals surface area contributed by atoms with E-state index < -0.39 is 14.0 Å². The Morgan fingerprint density at radius 1 is 1.32 bits per heavy atom. The molecule has 0 fully saturated rings. The standard InChI is InChI=1S/C10H11Cl2NO5S/c11-9-4-3-8(13(14)15)7-10(9)18-5-1-2-6-19(12,16)17/h3-4,7H,1-2,5-6H2. The predicted octanol–water partition coefficient (Wildman–Crippen LogP) is 2.98. The van der Waals surface area contributed by atoms with Crippen molar-refractivity contribution in [2.75, 3.05) is 12.4 Å². The van der Waals surface area contributed by atoms with Gasteiger partial charge in [0.05, 0.1) is 28.4 Å². The SMILES string of the molecule is O=[N+]([O-])c1ccc(Cl)c(OCCCCS(=O)(=O)Cl)c1. The molecule has 0 atom stereocenters. The Hall–Kier alpha value is -1.05. The van der Waals surface area contributed by atoms with Crippen molar-refractivity contribution >= 4 is 37.0 Å². The molecule has 0 aliphatic carbocycles. The monoisotopic (exact) mass is 327 g/mol. The molecule has 9 heteroatoms. The molecular formula is C10H11Cl2NO5S. The first kappa shape index (κ1) is 16.0. The van der Waals surface area contributed by atoms with E-state index in [9.17, 15) is 18.5 Å². The summed E-state index contributed by atoms with van der Waals surface area (Å²) in [7, 11) is 1.55. The van der Waals surface area contributed by atoms with Gasteiger partial charge < -0.3 is 4.74 Å². The molecule has 1 rings (SSSR count). The number of nitro groups is 1. The van der Waals surface area contributed by atoms with E-state index in [1.807, 2.05) is 0 Å². The van der Waals surface area contributed by atoms with E-state index in [2.05, 4.69) is 0 Å². The van der Waals surface area contributed by atoms with E-state index in [0.29, 0.717) is 12.8 Å². The third kappa shape index (κ3) is 6.09. The minimum Gasteiger partial charge on any atom is -0.492 e. The molecule has 0 bridgehead atoms. The van der Waals surface area contributed by atoms with E-state index in [1.54, 1.807) is 0 Å². The minimum atomic E-state index is -3.49. The van der Waals surface area contributed by atoms with Crippen molar-refractivity contribution in [1.29, 1.82) is 0 Å². The molecule has 0 aliphatic rings. The largest absolute Gasteiger partial charge is 0.492 e. The molecule has 6 nitrogen and oxygen atoms in total. The lowest BCUT2D eigenvalue weighted by atomic mass is 10.3. The molecule has 0 spiro atoms. The maximum atomic E-state index is 10.7. The first-order chi connectivity index (χ1) is 8.79. The average Bonchev–Trinajstić information content (AvgIpc) is 2.29. The Labute approximate surface area is 119 Å². The van der Waals surface area contributed by atoms with Crippen LogP contribution in [0.3, 0.4) is 0 Å². The highest BCUT2D eigenvalue weighted by molar-refractivity contribution is 8.13. The van der Waals surface area contributed by atoms with Crippen LogP contribution in [0.25, 0.3) is 0 Å². The first-order valence-corrected chi connectivity index (χ1v) is 8.14. The van der Waals surface area contributed by atoms with Gasteiger partial charge in [0.1, 0.15) is 5.75 Å². The quantitative estimate of drug-likeness (QED) is 0.332. The molecule has 19 heavy (non-hydrogen) atoms. The van der Waals surface area contributed by atoms with Gasteiger partial charge in [0.15, 0.2) is 0 Å². The van der Waals surface area contributed by atoms with Gasteiger partial charge >= 0.3 is 0 Å². The summed E-state index contributed by atoms with van der Waals surface area (Å²) in [5.74, 6) is 0.0604. The third-order valence-corrected chi connectivity index (χ3v) is 3.72. The molecule has 106 valence electrons. The van der Waals surface area contributed by atoms with Gasteiger partial charge in [-0.1, -0.05) is 11.6 Å². The number of halogens is 2. The molecule has 0 aliphatic heterocycles. The van der Waals surface area contributed by atoms with Crippen LogP contribution < -0.4 is 4.74 Å². The van der Waals surface area contributed by atoms with Crippen molar-refractivity contribution in [2.45, 2.75) is 12.8 Å². The van der Waals surface area contributed by atoms with Crippen LogP contribution in [0.15, 0.2) is 18.2 Å². The molecule has 0 N–H and O–H groups in total. The molecule has 0 radical (unpaired) electrons. The van der Waals surface area contributed by atoms with Crippen LogP contribution in [0, 0.1) is 10.1 Å². The fraction of sp³-hybridized carbons (Fsp3) is 0.400. The van der Waals surface area contributed by atoms with E-state index >= 15 is 0 Å². The summed E-state index contributed by atoms with van der Waals surface area (Å²) in [6.07, 6.45) is 0.795. The van der Waals surface area contributed by atoms with Crippen molar-refractivity contribution in [2.24, 2.45) is 0 Å². The molecule has 0 saturated heterocycles. The number of hydrogen-bond donors (Lipinski definition) is 0. The summed E-state index contributed by atoms with van der Waals surface area (Å²) >= 11 is 5.82. The number of unbranched alkanes of at least 4 members (excludes halogenated alkanes) is 1. The van der Waals surface area contributed by atoms with Crippen LogP contribution >= 0.6 is 22.3 Å². The molecule has 0 saturated carbocycles. The zero-order valence-electron chi connectivity index (χ0n) is 9.71. The fourth-order valence-electron chi connectivity index (χ4n) is 1.27. The van der Waals surface area contributed by atoms with Crippen molar-refractivity contribution in [3.63, 3.8) is 0 Å². The molecule has 0 unspecified atom stereocenters. The van der Waals surface area contributed by atoms with Gasteiger partial charge in [0, 0.05) is 16.7 Å². The Balaban J connectivity index is 2.49. The number of rotatable bonds is 7. The summed E-state index contributed by atoms with van der Waals surface area (Å²) in [6, 6.07) is 3.87. The number of ether oxygens (including phenoxy) is 1. The molecule has 1 aromatic carbocycles. The molecule has 0 heterocycles. The van der Waals surface area contributed by atoms with Gasteiger partial charge in [-0.05, 0) is 18.9 Å². The topological polar surface area (TPSA) is 86.5 Å². The van der Waals surface area contributed by atoms with Gasteiger partial charge in [-0.3, -0.25) is 10.1 Å². The molecule has 0 amide bonds. The van der Waals surface area contributed by atoms with Crippen LogP contribution in [0.5, 0.6) is 5.75 Å². The van der Waals surface area contributed by atoms with Gasteiger partial charge in [-0.15, -0.1) is 0 Å². The summed E-state index contributed by atoms with van der Waals surface area (Å²) in [5.41, 5.74) is -0.122. The Bertz CT molecular complexity index is 561. The zero-order valence-corrected chi connectivity index (χ0v) is 12.0. The highest BCUT2D eigenvalue weighted by Crippen LogP contribution is 2.28. The smallest absolute Gasteiger partial charge is 0.273 e. The Kier molecular flexibility index (Phi) is 5.84. The van der Waals surface area contributed by atoms with Gasteiger partial charge in [0.25, 0.3) is 5.69 Å². The van der Waals surface area contributed by atoms with E-state index in [0.717, 1.165) is 0 Å². The Morgan fingerprint density at radius 3 is 2.58 bits per heavy atom. The number of benzene rings is 1. The minimum absolute atomic E-state index is 0.122. The summed E-state index contributed by atoms with van der Waals surface area (Å²) in [4.78, 5) is 10.0. The van der Waals surface area contributed by atoms with E-state index in [-0.39, 0.29) is 28.8 Å². The van der Waals surface area contributed by atoms with Crippen molar-refractivity contribution in [1.82, 2.24) is 0 Å². The van der Waals surface area contributed by atoms with Crippen LogP contribution in [0.1, 0.15) is 12.8 Å². The van der Waals surface area contributed by atoms with E-state index in [4.69, 9.17) is 27.0 Å². The maximum absolute atomic E-state index is 10.7.